The van der Waals surface area contributed by atoms with Gasteiger partial charge in [0.15, 0.2) is 0 Å². The summed E-state index contributed by atoms with van der Waals surface area (Å²) in [5, 5.41) is -0.706. The molecule has 18 heavy (non-hydrogen) atoms. The molecule has 88 valence electrons. The van der Waals surface area contributed by atoms with Gasteiger partial charge in [0.1, 0.15) is 5.38 Å². The number of Topliss-reactive ketones (excluding diaryl/α,β-unsaturated/α-hetero) is 1. The lowest BCUT2D eigenvalue weighted by molar-refractivity contribution is -0.113. The van der Waals surface area contributed by atoms with E-state index in [1.165, 1.54) is 0 Å². The van der Waals surface area contributed by atoms with Crippen LogP contribution in [0.3, 0.4) is 0 Å². The van der Waals surface area contributed by atoms with Crippen molar-refractivity contribution in [3.63, 3.8) is 0 Å². The molecule has 0 saturated heterocycles. The average Bonchev–Trinajstić information content (AvgIpc) is 2.46. The Bertz CT molecular complexity index is 579. The Morgan fingerprint density at radius 2 is 1.50 bits per heavy atom. The highest BCUT2D eigenvalue weighted by Gasteiger charge is 2.14. The maximum atomic E-state index is 11.8. The van der Waals surface area contributed by atoms with E-state index in [-0.39, 0.29) is 5.78 Å². The van der Waals surface area contributed by atoms with Crippen LogP contribution in [-0.2, 0) is 4.79 Å². The van der Waals surface area contributed by atoms with Crippen LogP contribution in [0.2, 0.25) is 0 Å². The van der Waals surface area contributed by atoms with Gasteiger partial charge in [0.2, 0.25) is 5.78 Å². The second-order valence-corrected chi connectivity index (χ2v) is 4.19. The van der Waals surface area contributed by atoms with E-state index in [4.69, 9.17) is 11.6 Å². The molecule has 2 heteroatoms. The van der Waals surface area contributed by atoms with Gasteiger partial charge in [0, 0.05) is 5.56 Å². The van der Waals surface area contributed by atoms with Crippen molar-refractivity contribution in [1.29, 1.82) is 0 Å². The van der Waals surface area contributed by atoms with Crippen LogP contribution in [0, 0.1) is 11.8 Å². The molecule has 0 fully saturated rings. The lowest BCUT2D eigenvalue weighted by Crippen LogP contribution is -2.03. The minimum Gasteiger partial charge on any atom is -0.283 e. The van der Waals surface area contributed by atoms with E-state index in [0.717, 1.165) is 11.1 Å². The first kappa shape index (κ1) is 12.4. The van der Waals surface area contributed by atoms with E-state index in [2.05, 4.69) is 11.8 Å². The molecule has 0 saturated carbocycles. The fourth-order valence-corrected chi connectivity index (χ4v) is 1.69. The first-order valence-corrected chi connectivity index (χ1v) is 6.01. The highest BCUT2D eigenvalue weighted by Crippen LogP contribution is 2.20. The molecule has 0 heterocycles. The fourth-order valence-electron chi connectivity index (χ4n) is 1.49. The van der Waals surface area contributed by atoms with Crippen molar-refractivity contribution in [3.8, 4) is 11.8 Å². The van der Waals surface area contributed by atoms with Crippen LogP contribution in [0.15, 0.2) is 60.7 Å². The Balaban J connectivity index is 2.12. The van der Waals surface area contributed by atoms with E-state index < -0.39 is 5.38 Å². The number of rotatable bonds is 2. The molecule has 0 aliphatic carbocycles. The molecule has 0 bridgehead atoms. The zero-order valence-electron chi connectivity index (χ0n) is 9.64. The minimum absolute atomic E-state index is 0.285. The predicted molar refractivity (Wildman–Crippen MR) is 73.4 cm³/mol. The number of hydrogen-bond acceptors (Lipinski definition) is 1. The molecule has 1 nitrogen and oxygen atoms in total. The van der Waals surface area contributed by atoms with Gasteiger partial charge in [-0.15, -0.1) is 11.6 Å². The fraction of sp³-hybridized carbons (Fsp3) is 0.0625. The molecule has 2 rings (SSSR count). The molecular formula is C16H11ClO. The van der Waals surface area contributed by atoms with Gasteiger partial charge in [-0.05, 0) is 23.6 Å². The zero-order chi connectivity index (χ0) is 12.8. The van der Waals surface area contributed by atoms with Crippen molar-refractivity contribution in [2.45, 2.75) is 5.38 Å². The number of carbonyl (C=O) groups excluding carboxylic acids is 1. The lowest BCUT2D eigenvalue weighted by atomic mass is 10.1. The third kappa shape index (κ3) is 3.23. The molecule has 0 radical (unpaired) electrons. The summed E-state index contributed by atoms with van der Waals surface area (Å²) in [5.74, 6) is 5.10. The van der Waals surface area contributed by atoms with Crippen LogP contribution in [0.25, 0.3) is 0 Å². The van der Waals surface area contributed by atoms with Gasteiger partial charge in [0.05, 0.1) is 0 Å². The predicted octanol–water partition coefficient (Wildman–Crippen LogP) is 3.59. The van der Waals surface area contributed by atoms with Crippen molar-refractivity contribution < 1.29 is 4.79 Å². The lowest BCUT2D eigenvalue weighted by Gasteiger charge is -2.03. The van der Waals surface area contributed by atoms with Crippen molar-refractivity contribution in [1.82, 2.24) is 0 Å². The summed E-state index contributed by atoms with van der Waals surface area (Å²) in [4.78, 5) is 11.8. The van der Waals surface area contributed by atoms with Gasteiger partial charge in [0.25, 0.3) is 0 Å². The summed E-state index contributed by atoms with van der Waals surface area (Å²) < 4.78 is 0. The summed E-state index contributed by atoms with van der Waals surface area (Å²) in [6, 6.07) is 18.6. The topological polar surface area (TPSA) is 17.1 Å². The van der Waals surface area contributed by atoms with Crippen molar-refractivity contribution in [3.05, 3.63) is 71.8 Å². The SMILES string of the molecule is O=C(C#Cc1ccccc1)C(Cl)c1ccccc1. The van der Waals surface area contributed by atoms with Crippen molar-refractivity contribution >= 4 is 17.4 Å². The molecule has 2 aromatic carbocycles. The Morgan fingerprint density at radius 3 is 2.11 bits per heavy atom. The third-order valence-electron chi connectivity index (χ3n) is 2.43. The monoisotopic (exact) mass is 254 g/mol. The zero-order valence-corrected chi connectivity index (χ0v) is 10.4. The Morgan fingerprint density at radius 1 is 0.944 bits per heavy atom. The quantitative estimate of drug-likeness (QED) is 0.591. The first-order chi connectivity index (χ1) is 8.77. The second-order valence-electron chi connectivity index (χ2n) is 3.75. The van der Waals surface area contributed by atoms with E-state index in [0.29, 0.717) is 0 Å². The number of ketones is 1. The summed E-state index contributed by atoms with van der Waals surface area (Å²) in [5.41, 5.74) is 1.58. The first-order valence-electron chi connectivity index (χ1n) is 5.57. The number of carbonyl (C=O) groups is 1. The van der Waals surface area contributed by atoms with Crippen LogP contribution in [0.1, 0.15) is 16.5 Å². The van der Waals surface area contributed by atoms with Gasteiger partial charge in [-0.1, -0.05) is 54.5 Å². The number of alkyl halides is 1. The Kier molecular flexibility index (Phi) is 4.17. The van der Waals surface area contributed by atoms with Crippen molar-refractivity contribution in [2.24, 2.45) is 0 Å². The molecule has 2 aromatic rings. The normalized spacial score (nSPS) is 11.2. The number of hydrogen-bond donors (Lipinski definition) is 0. The maximum Gasteiger partial charge on any atom is 0.228 e. The second kappa shape index (κ2) is 6.05. The summed E-state index contributed by atoms with van der Waals surface area (Å²) >= 11 is 6.07. The van der Waals surface area contributed by atoms with E-state index in [1.807, 2.05) is 60.7 Å². The Hall–Kier alpha value is -2.04. The van der Waals surface area contributed by atoms with Gasteiger partial charge in [-0.25, -0.2) is 0 Å². The molecular weight excluding hydrogens is 244 g/mol. The molecule has 0 aromatic heterocycles. The average molecular weight is 255 g/mol. The molecule has 1 unspecified atom stereocenters. The van der Waals surface area contributed by atoms with E-state index in [1.54, 1.807) is 0 Å². The van der Waals surface area contributed by atoms with Crippen LogP contribution >= 0.6 is 11.6 Å². The molecule has 0 N–H and O–H groups in total. The standard InChI is InChI=1S/C16H11ClO/c17-16(14-9-5-2-6-10-14)15(18)12-11-13-7-3-1-4-8-13/h1-10,16H. The van der Waals surface area contributed by atoms with Crippen LogP contribution in [0.4, 0.5) is 0 Å². The molecule has 0 aliphatic heterocycles. The highest BCUT2D eigenvalue weighted by molar-refractivity contribution is 6.34. The molecule has 0 spiro atoms. The van der Waals surface area contributed by atoms with Gasteiger partial charge in [-0.3, -0.25) is 4.79 Å². The van der Waals surface area contributed by atoms with Crippen molar-refractivity contribution in [2.75, 3.05) is 0 Å². The largest absolute Gasteiger partial charge is 0.283 e. The van der Waals surface area contributed by atoms with Crippen LogP contribution < -0.4 is 0 Å². The van der Waals surface area contributed by atoms with Gasteiger partial charge < -0.3 is 0 Å². The van der Waals surface area contributed by atoms with Crippen LogP contribution in [0.5, 0.6) is 0 Å². The van der Waals surface area contributed by atoms with E-state index in [9.17, 15) is 4.79 Å². The summed E-state index contributed by atoms with van der Waals surface area (Å²) in [6.07, 6.45) is 0. The molecule has 0 amide bonds. The minimum atomic E-state index is -0.706. The molecule has 1 atom stereocenters. The number of halogens is 1. The Labute approximate surface area is 111 Å². The van der Waals surface area contributed by atoms with Gasteiger partial charge >= 0.3 is 0 Å². The summed E-state index contributed by atoms with van der Waals surface area (Å²) in [7, 11) is 0. The summed E-state index contributed by atoms with van der Waals surface area (Å²) in [6.45, 7) is 0. The highest BCUT2D eigenvalue weighted by atomic mass is 35.5. The molecule has 0 aliphatic rings. The van der Waals surface area contributed by atoms with Crippen LogP contribution in [-0.4, -0.2) is 5.78 Å². The van der Waals surface area contributed by atoms with E-state index >= 15 is 0 Å². The van der Waals surface area contributed by atoms with Gasteiger partial charge in [-0.2, -0.15) is 0 Å². The third-order valence-corrected chi connectivity index (χ3v) is 2.88. The number of benzene rings is 2. The maximum absolute atomic E-state index is 11.8. The smallest absolute Gasteiger partial charge is 0.228 e.